The normalized spacial score (nSPS) is 11.0. The molecule has 4 rings (SSSR count). The van der Waals surface area contributed by atoms with Crippen LogP contribution in [0.15, 0.2) is 84.4 Å². The van der Waals surface area contributed by atoms with Crippen molar-refractivity contribution in [2.24, 2.45) is 0 Å². The van der Waals surface area contributed by atoms with Crippen LogP contribution in [-0.4, -0.2) is 12.5 Å². The molecule has 6 nitrogen and oxygen atoms in total. The summed E-state index contributed by atoms with van der Waals surface area (Å²) in [5, 5.41) is 13.6. The number of hydrogen-bond donors (Lipinski definition) is 1. The summed E-state index contributed by atoms with van der Waals surface area (Å²) in [4.78, 5) is 12.9. The van der Waals surface area contributed by atoms with Crippen molar-refractivity contribution < 1.29 is 19.0 Å². The fourth-order valence-corrected chi connectivity index (χ4v) is 5.22. The quantitative estimate of drug-likeness (QED) is 0.0954. The van der Waals surface area contributed by atoms with E-state index >= 15 is 0 Å². The zero-order valence-corrected chi connectivity index (χ0v) is 26.6. The Morgan fingerprint density at radius 3 is 2.45 bits per heavy atom. The average Bonchev–Trinajstić information content (AvgIpc) is 2.96. The maximum absolute atomic E-state index is 12.9. The molecule has 4 aromatic rings. The summed E-state index contributed by atoms with van der Waals surface area (Å²) in [6, 6.07) is 25.8. The number of benzene rings is 4. The molecule has 0 aliphatic carbocycles. The van der Waals surface area contributed by atoms with Crippen molar-refractivity contribution in [3.05, 3.63) is 120 Å². The third-order valence-electron chi connectivity index (χ3n) is 6.00. The molecule has 0 bridgehead atoms. The molecule has 0 saturated carbocycles. The molecule has 0 heterocycles. The Morgan fingerprint density at radius 2 is 1.76 bits per heavy atom. The fourth-order valence-electron chi connectivity index (χ4n) is 3.98. The predicted octanol–water partition coefficient (Wildman–Crippen LogP) is 9.01. The van der Waals surface area contributed by atoms with Gasteiger partial charge in [0.05, 0.1) is 10.2 Å². The Hall–Kier alpha value is -3.71. The minimum atomic E-state index is -0.535. The Balaban J connectivity index is 1.43. The molecule has 42 heavy (non-hydrogen) atoms. The van der Waals surface area contributed by atoms with E-state index in [0.717, 1.165) is 20.3 Å². The largest absolute Gasteiger partial charge is 0.490 e. The lowest BCUT2D eigenvalue weighted by Crippen LogP contribution is -2.13. The van der Waals surface area contributed by atoms with Crippen LogP contribution in [0.5, 0.6) is 17.2 Å². The lowest BCUT2D eigenvalue weighted by molar-refractivity contribution is -0.112. The van der Waals surface area contributed by atoms with Crippen LogP contribution in [0.2, 0.25) is 10.0 Å². The van der Waals surface area contributed by atoms with Gasteiger partial charge >= 0.3 is 0 Å². The van der Waals surface area contributed by atoms with Crippen LogP contribution in [0.4, 0.5) is 5.69 Å². The number of rotatable bonds is 11. The van der Waals surface area contributed by atoms with Crippen molar-refractivity contribution >= 4 is 63.5 Å². The maximum Gasteiger partial charge on any atom is 0.266 e. The number of carbonyl (C=O) groups is 1. The van der Waals surface area contributed by atoms with E-state index in [4.69, 9.17) is 37.4 Å². The van der Waals surface area contributed by atoms with Gasteiger partial charge in [0.25, 0.3) is 5.91 Å². The maximum atomic E-state index is 12.9. The van der Waals surface area contributed by atoms with Crippen molar-refractivity contribution in [2.45, 2.75) is 27.1 Å². The molecule has 214 valence electrons. The summed E-state index contributed by atoms with van der Waals surface area (Å²) in [5.41, 5.74) is 4.10. The molecule has 0 aromatic heterocycles. The van der Waals surface area contributed by atoms with Crippen LogP contribution in [0, 0.1) is 21.8 Å². The Labute approximate surface area is 269 Å². The molecule has 0 radical (unpaired) electrons. The molecular formula is C33H27Cl2IN2O4. The van der Waals surface area contributed by atoms with Crippen LogP contribution in [0.3, 0.4) is 0 Å². The van der Waals surface area contributed by atoms with Gasteiger partial charge in [0.15, 0.2) is 11.5 Å². The van der Waals surface area contributed by atoms with E-state index in [2.05, 4.69) is 34.0 Å². The SMILES string of the molecule is CCOc1cc(/C=C(\C#N)C(=O)Nc2ccc(OCc3ccc(Cl)cc3Cl)cc2)cc(I)c1OCc1cccc(C)c1. The number of nitriles is 1. The first-order chi connectivity index (χ1) is 20.2. The van der Waals surface area contributed by atoms with Crippen molar-refractivity contribution in [1.82, 2.24) is 0 Å². The fraction of sp³-hybridized carbons (Fsp3) is 0.152. The van der Waals surface area contributed by atoms with E-state index in [9.17, 15) is 10.1 Å². The summed E-state index contributed by atoms with van der Waals surface area (Å²) in [5.74, 6) is 1.21. The Kier molecular flexibility index (Phi) is 11.1. The van der Waals surface area contributed by atoms with Gasteiger partial charge in [0, 0.05) is 21.3 Å². The van der Waals surface area contributed by atoms with Gasteiger partial charge in [-0.2, -0.15) is 5.26 Å². The van der Waals surface area contributed by atoms with E-state index in [1.54, 1.807) is 48.5 Å². The highest BCUT2D eigenvalue weighted by Crippen LogP contribution is 2.35. The third kappa shape index (κ3) is 8.65. The molecule has 4 aromatic carbocycles. The minimum Gasteiger partial charge on any atom is -0.490 e. The summed E-state index contributed by atoms with van der Waals surface area (Å²) in [7, 11) is 0. The average molecular weight is 713 g/mol. The van der Waals surface area contributed by atoms with Gasteiger partial charge in [0.2, 0.25) is 0 Å². The molecule has 0 fully saturated rings. The molecule has 1 amide bonds. The Bertz CT molecular complexity index is 1650. The second kappa shape index (κ2) is 15.0. The lowest BCUT2D eigenvalue weighted by Gasteiger charge is -2.15. The zero-order valence-electron chi connectivity index (χ0n) is 22.9. The number of anilines is 1. The smallest absolute Gasteiger partial charge is 0.266 e. The van der Waals surface area contributed by atoms with E-state index in [1.165, 1.54) is 6.08 Å². The summed E-state index contributed by atoms with van der Waals surface area (Å²) in [6.45, 7) is 5.01. The van der Waals surface area contributed by atoms with E-state index in [-0.39, 0.29) is 12.2 Å². The van der Waals surface area contributed by atoms with Gasteiger partial charge in [-0.05, 0) is 102 Å². The molecule has 1 N–H and O–H groups in total. The summed E-state index contributed by atoms with van der Waals surface area (Å²) < 4.78 is 18.6. The molecule has 0 aliphatic heterocycles. The van der Waals surface area contributed by atoms with Crippen molar-refractivity contribution in [1.29, 1.82) is 5.26 Å². The highest BCUT2D eigenvalue weighted by atomic mass is 127. The molecule has 0 aliphatic rings. The first kappa shape index (κ1) is 31.2. The van der Waals surface area contributed by atoms with Crippen LogP contribution in [0.1, 0.15) is 29.2 Å². The van der Waals surface area contributed by atoms with Crippen LogP contribution in [-0.2, 0) is 18.0 Å². The second-order valence-electron chi connectivity index (χ2n) is 9.21. The number of amides is 1. The number of carbonyl (C=O) groups excluding carboxylic acids is 1. The minimum absolute atomic E-state index is 0.0561. The molecule has 0 saturated heterocycles. The summed E-state index contributed by atoms with van der Waals surface area (Å²) in [6.07, 6.45) is 1.53. The zero-order chi connectivity index (χ0) is 30.1. The van der Waals surface area contributed by atoms with Gasteiger partial charge in [-0.3, -0.25) is 4.79 Å². The first-order valence-electron chi connectivity index (χ1n) is 13.0. The van der Waals surface area contributed by atoms with Gasteiger partial charge in [0.1, 0.15) is 30.6 Å². The van der Waals surface area contributed by atoms with E-state index in [0.29, 0.717) is 51.8 Å². The number of nitrogens with zero attached hydrogens (tertiary/aromatic N) is 1. The van der Waals surface area contributed by atoms with Gasteiger partial charge < -0.3 is 19.5 Å². The van der Waals surface area contributed by atoms with Crippen LogP contribution >= 0.6 is 45.8 Å². The number of nitrogens with one attached hydrogen (secondary N) is 1. The van der Waals surface area contributed by atoms with Gasteiger partial charge in [-0.15, -0.1) is 0 Å². The van der Waals surface area contributed by atoms with Gasteiger partial charge in [-0.1, -0.05) is 59.1 Å². The van der Waals surface area contributed by atoms with E-state index in [1.807, 2.05) is 44.2 Å². The molecular weight excluding hydrogens is 686 g/mol. The standard InChI is InChI=1S/C33H27Cl2IN2O4/c1-3-40-31-16-23(15-30(36)32(31)42-19-22-6-4-5-21(2)13-22)14-25(18-37)33(39)38-27-9-11-28(12-10-27)41-20-24-7-8-26(34)17-29(24)35/h4-17H,3,19-20H2,1-2H3,(H,38,39)/b25-14+. The summed E-state index contributed by atoms with van der Waals surface area (Å²) >= 11 is 14.3. The van der Waals surface area contributed by atoms with Crippen LogP contribution < -0.4 is 19.5 Å². The lowest BCUT2D eigenvalue weighted by atomic mass is 10.1. The van der Waals surface area contributed by atoms with Crippen molar-refractivity contribution in [3.8, 4) is 23.3 Å². The monoisotopic (exact) mass is 712 g/mol. The first-order valence-corrected chi connectivity index (χ1v) is 14.8. The second-order valence-corrected chi connectivity index (χ2v) is 11.2. The third-order valence-corrected chi connectivity index (χ3v) is 7.38. The number of hydrogen-bond acceptors (Lipinski definition) is 5. The van der Waals surface area contributed by atoms with Crippen molar-refractivity contribution in [3.63, 3.8) is 0 Å². The van der Waals surface area contributed by atoms with E-state index < -0.39 is 5.91 Å². The van der Waals surface area contributed by atoms with Gasteiger partial charge in [-0.25, -0.2) is 0 Å². The topological polar surface area (TPSA) is 80.6 Å². The molecule has 0 spiro atoms. The molecule has 0 atom stereocenters. The highest BCUT2D eigenvalue weighted by molar-refractivity contribution is 14.1. The number of aryl methyl sites for hydroxylation is 1. The Morgan fingerprint density at radius 1 is 0.976 bits per heavy atom. The molecule has 9 heteroatoms. The molecule has 0 unspecified atom stereocenters. The number of ether oxygens (including phenoxy) is 3. The number of halogens is 3. The highest BCUT2D eigenvalue weighted by Gasteiger charge is 2.15. The predicted molar refractivity (Wildman–Crippen MR) is 175 cm³/mol. The van der Waals surface area contributed by atoms with Crippen LogP contribution in [0.25, 0.3) is 6.08 Å². The van der Waals surface area contributed by atoms with Crippen molar-refractivity contribution in [2.75, 3.05) is 11.9 Å².